The lowest BCUT2D eigenvalue weighted by Gasteiger charge is -2.15. The molecule has 0 aliphatic rings. The van der Waals surface area contributed by atoms with Gasteiger partial charge in [0.1, 0.15) is 11.5 Å². The van der Waals surface area contributed by atoms with Crippen LogP contribution in [0.2, 0.25) is 5.02 Å². The van der Waals surface area contributed by atoms with E-state index in [9.17, 15) is 4.79 Å². The number of hydrogen-bond donors (Lipinski definition) is 1. The monoisotopic (exact) mass is 409 g/mol. The van der Waals surface area contributed by atoms with Crippen LogP contribution >= 0.6 is 11.6 Å². The van der Waals surface area contributed by atoms with Crippen molar-refractivity contribution in [2.45, 2.75) is 12.8 Å². The van der Waals surface area contributed by atoms with Gasteiger partial charge in [-0.05, 0) is 30.2 Å². The predicted molar refractivity (Wildman–Crippen MR) is 108 cm³/mol. The number of aryl methyl sites for hydroxylation is 1. The molecular weight excluding hydrogens is 386 g/mol. The van der Waals surface area contributed by atoms with Crippen molar-refractivity contribution in [3.05, 3.63) is 34.9 Å². The fourth-order valence-electron chi connectivity index (χ4n) is 2.71. The maximum absolute atomic E-state index is 12.4. The van der Waals surface area contributed by atoms with Crippen LogP contribution in [0.15, 0.2) is 24.3 Å². The number of methoxy groups -OCH3 is 5. The predicted octanol–water partition coefficient (Wildman–Crippen LogP) is 3.95. The summed E-state index contributed by atoms with van der Waals surface area (Å²) in [7, 11) is 7.66. The molecule has 0 unspecified atom stereocenters. The molecule has 8 heteroatoms. The van der Waals surface area contributed by atoms with Gasteiger partial charge in [0.15, 0.2) is 11.5 Å². The number of rotatable bonds is 9. The zero-order valence-corrected chi connectivity index (χ0v) is 17.3. The van der Waals surface area contributed by atoms with E-state index < -0.39 is 0 Å². The maximum Gasteiger partial charge on any atom is 0.224 e. The molecule has 0 bridgehead atoms. The molecule has 0 spiro atoms. The Morgan fingerprint density at radius 1 is 0.821 bits per heavy atom. The zero-order valence-electron chi connectivity index (χ0n) is 16.6. The molecule has 152 valence electrons. The quantitative estimate of drug-likeness (QED) is 0.675. The lowest BCUT2D eigenvalue weighted by atomic mass is 10.1. The van der Waals surface area contributed by atoms with Crippen LogP contribution in [-0.4, -0.2) is 41.5 Å². The Hall–Kier alpha value is -2.80. The summed E-state index contributed by atoms with van der Waals surface area (Å²) >= 11 is 6.14. The van der Waals surface area contributed by atoms with Gasteiger partial charge in [0.25, 0.3) is 0 Å². The number of anilines is 1. The number of carbonyl (C=O) groups is 1. The summed E-state index contributed by atoms with van der Waals surface area (Å²) in [6, 6.07) is 6.85. The molecule has 0 atom stereocenters. The first-order valence-corrected chi connectivity index (χ1v) is 8.85. The maximum atomic E-state index is 12.4. The van der Waals surface area contributed by atoms with Gasteiger partial charge in [-0.3, -0.25) is 4.79 Å². The third-order valence-corrected chi connectivity index (χ3v) is 4.41. The molecule has 2 aromatic rings. The number of nitrogens with one attached hydrogen (secondary N) is 1. The van der Waals surface area contributed by atoms with E-state index in [1.54, 1.807) is 33.5 Å². The lowest BCUT2D eigenvalue weighted by molar-refractivity contribution is -0.116. The standard InChI is InChI=1S/C20H24ClNO6/c1-24-15-11-16(25-2)14(10-13(15)21)22-19(23)7-6-12-8-17(26-3)20(28-5)18(9-12)27-4/h8-11H,6-7H2,1-5H3,(H,22,23). The number of halogens is 1. The first-order chi connectivity index (χ1) is 13.5. The van der Waals surface area contributed by atoms with Crippen LogP contribution < -0.4 is 29.0 Å². The highest BCUT2D eigenvalue weighted by Crippen LogP contribution is 2.39. The van der Waals surface area contributed by atoms with Crippen LogP contribution in [0, 0.1) is 0 Å². The van der Waals surface area contributed by atoms with Crippen molar-refractivity contribution in [3.63, 3.8) is 0 Å². The summed E-state index contributed by atoms with van der Waals surface area (Å²) in [5, 5.41) is 3.19. The molecule has 0 saturated heterocycles. The topological polar surface area (TPSA) is 75.3 Å². The van der Waals surface area contributed by atoms with Gasteiger partial charge < -0.3 is 29.0 Å². The molecule has 0 aliphatic heterocycles. The first-order valence-electron chi connectivity index (χ1n) is 8.47. The highest BCUT2D eigenvalue weighted by Gasteiger charge is 2.15. The van der Waals surface area contributed by atoms with Crippen LogP contribution in [0.1, 0.15) is 12.0 Å². The van der Waals surface area contributed by atoms with E-state index in [-0.39, 0.29) is 12.3 Å². The molecular formula is C20H24ClNO6. The van der Waals surface area contributed by atoms with Gasteiger partial charge >= 0.3 is 0 Å². The minimum absolute atomic E-state index is 0.187. The summed E-state index contributed by atoms with van der Waals surface area (Å²) < 4.78 is 26.4. The second-order valence-electron chi connectivity index (χ2n) is 5.77. The van der Waals surface area contributed by atoms with Crippen molar-refractivity contribution in [3.8, 4) is 28.7 Å². The third-order valence-electron chi connectivity index (χ3n) is 4.11. The molecule has 0 saturated carbocycles. The molecule has 7 nitrogen and oxygen atoms in total. The normalized spacial score (nSPS) is 10.2. The number of carbonyl (C=O) groups excluding carboxylic acids is 1. The summed E-state index contributed by atoms with van der Waals surface area (Å²) in [6.45, 7) is 0. The van der Waals surface area contributed by atoms with E-state index in [0.717, 1.165) is 5.56 Å². The van der Waals surface area contributed by atoms with E-state index in [0.29, 0.717) is 45.9 Å². The summed E-state index contributed by atoms with van der Waals surface area (Å²) in [4.78, 5) is 12.4. The molecule has 0 fully saturated rings. The average Bonchev–Trinajstić information content (AvgIpc) is 2.71. The van der Waals surface area contributed by atoms with E-state index in [1.165, 1.54) is 14.2 Å². The molecule has 1 N–H and O–H groups in total. The minimum atomic E-state index is -0.187. The second kappa shape index (κ2) is 9.94. The number of ether oxygens (including phenoxy) is 5. The highest BCUT2D eigenvalue weighted by molar-refractivity contribution is 6.32. The van der Waals surface area contributed by atoms with Gasteiger partial charge in [0.2, 0.25) is 11.7 Å². The molecule has 1 amide bonds. The Labute approximate surface area is 169 Å². The van der Waals surface area contributed by atoms with Crippen molar-refractivity contribution in [2.75, 3.05) is 40.9 Å². The van der Waals surface area contributed by atoms with E-state index in [2.05, 4.69) is 5.32 Å². The fourth-order valence-corrected chi connectivity index (χ4v) is 2.95. The van der Waals surface area contributed by atoms with Gasteiger partial charge in [0, 0.05) is 12.5 Å². The number of amides is 1. The Bertz CT molecular complexity index is 815. The molecule has 28 heavy (non-hydrogen) atoms. The Kier molecular flexibility index (Phi) is 7.63. The zero-order chi connectivity index (χ0) is 20.7. The van der Waals surface area contributed by atoms with Crippen LogP contribution in [0.5, 0.6) is 28.7 Å². The van der Waals surface area contributed by atoms with Crippen molar-refractivity contribution in [2.24, 2.45) is 0 Å². The molecule has 2 aromatic carbocycles. The molecule has 0 aliphatic carbocycles. The van der Waals surface area contributed by atoms with Crippen molar-refractivity contribution in [1.29, 1.82) is 0 Å². The van der Waals surface area contributed by atoms with Crippen molar-refractivity contribution < 1.29 is 28.5 Å². The van der Waals surface area contributed by atoms with Crippen LogP contribution in [-0.2, 0) is 11.2 Å². The van der Waals surface area contributed by atoms with E-state index in [1.807, 2.05) is 12.1 Å². The SMILES string of the molecule is COc1cc(OC)c(NC(=O)CCc2cc(OC)c(OC)c(OC)c2)cc1Cl. The van der Waals surface area contributed by atoms with Gasteiger partial charge in [-0.2, -0.15) is 0 Å². The molecule has 2 rings (SSSR count). The van der Waals surface area contributed by atoms with Crippen LogP contribution in [0.4, 0.5) is 5.69 Å². The van der Waals surface area contributed by atoms with Gasteiger partial charge in [0.05, 0.1) is 46.3 Å². The molecule has 0 heterocycles. The highest BCUT2D eigenvalue weighted by atomic mass is 35.5. The Morgan fingerprint density at radius 2 is 1.39 bits per heavy atom. The number of benzene rings is 2. The van der Waals surface area contributed by atoms with Gasteiger partial charge in [-0.1, -0.05) is 11.6 Å². The van der Waals surface area contributed by atoms with Gasteiger partial charge in [-0.25, -0.2) is 0 Å². The first kappa shape index (κ1) is 21.5. The van der Waals surface area contributed by atoms with Gasteiger partial charge in [-0.15, -0.1) is 0 Å². The summed E-state index contributed by atoms with van der Waals surface area (Å²) in [5.74, 6) is 2.34. The van der Waals surface area contributed by atoms with Crippen molar-refractivity contribution in [1.82, 2.24) is 0 Å². The average molecular weight is 410 g/mol. The molecule has 0 radical (unpaired) electrons. The third kappa shape index (κ3) is 4.92. The van der Waals surface area contributed by atoms with E-state index in [4.69, 9.17) is 35.3 Å². The fraction of sp³-hybridized carbons (Fsp3) is 0.350. The van der Waals surface area contributed by atoms with E-state index >= 15 is 0 Å². The van der Waals surface area contributed by atoms with Crippen LogP contribution in [0.25, 0.3) is 0 Å². The van der Waals surface area contributed by atoms with Crippen molar-refractivity contribution >= 4 is 23.2 Å². The Balaban J connectivity index is 2.12. The second-order valence-corrected chi connectivity index (χ2v) is 6.18. The summed E-state index contributed by atoms with van der Waals surface area (Å²) in [6.07, 6.45) is 0.722. The Morgan fingerprint density at radius 3 is 1.89 bits per heavy atom. The number of hydrogen-bond acceptors (Lipinski definition) is 6. The minimum Gasteiger partial charge on any atom is -0.495 e. The largest absolute Gasteiger partial charge is 0.495 e. The van der Waals surface area contributed by atoms with Crippen LogP contribution in [0.3, 0.4) is 0 Å². The summed E-state index contributed by atoms with van der Waals surface area (Å²) in [5.41, 5.74) is 1.35. The molecule has 0 aromatic heterocycles. The lowest BCUT2D eigenvalue weighted by Crippen LogP contribution is -2.13. The smallest absolute Gasteiger partial charge is 0.224 e.